The summed E-state index contributed by atoms with van der Waals surface area (Å²) in [6, 6.07) is -10.4. The highest BCUT2D eigenvalue weighted by Crippen LogP contribution is 2.37. The maximum Gasteiger partial charge on any atom is 0.417 e. The Bertz CT molecular complexity index is 3300. The molecule has 0 spiro atoms. The fraction of sp³-hybridized carbons (Fsp3) is 0.760. The van der Waals surface area contributed by atoms with Gasteiger partial charge in [0.05, 0.1) is 30.1 Å². The first-order valence-electron chi connectivity index (χ1n) is 37.7. The van der Waals surface area contributed by atoms with Gasteiger partial charge in [0, 0.05) is 82.9 Å². The minimum atomic E-state index is -4.82. The maximum absolute atomic E-state index is 15.5. The van der Waals surface area contributed by atoms with Crippen molar-refractivity contribution in [2.45, 2.75) is 243 Å². The zero-order chi connectivity index (χ0) is 79.3. The van der Waals surface area contributed by atoms with Gasteiger partial charge in [-0.05, 0) is 119 Å². The van der Waals surface area contributed by atoms with Crippen LogP contribution in [0, 0.1) is 29.6 Å². The van der Waals surface area contributed by atoms with E-state index in [1.165, 1.54) is 105 Å². The van der Waals surface area contributed by atoms with Crippen LogP contribution in [0.4, 0.5) is 22.0 Å². The summed E-state index contributed by atoms with van der Waals surface area (Å²) in [6.07, 6.45) is 0.675. The van der Waals surface area contributed by atoms with Crippen LogP contribution >= 0.6 is 11.6 Å². The first kappa shape index (κ1) is 87.7. The van der Waals surface area contributed by atoms with E-state index in [9.17, 15) is 46.7 Å². The number of carbonyl (C=O) groups excluding carboxylic acids is 12. The molecule has 0 bridgehead atoms. The van der Waals surface area contributed by atoms with Gasteiger partial charge in [-0.25, -0.2) is 8.78 Å². The lowest BCUT2D eigenvalue weighted by Crippen LogP contribution is -2.65. The number of carbonyl (C=O) groups is 12. The molecule has 2 saturated carbocycles. The van der Waals surface area contributed by atoms with Gasteiger partial charge in [-0.2, -0.15) is 13.2 Å². The van der Waals surface area contributed by atoms with Crippen molar-refractivity contribution in [3.8, 4) is 0 Å². The zero-order valence-corrected chi connectivity index (χ0v) is 65.8. The molecule has 0 radical (unpaired) electrons. The number of halogens is 6. The van der Waals surface area contributed by atoms with Gasteiger partial charge in [-0.15, -0.1) is 0 Å². The summed E-state index contributed by atoms with van der Waals surface area (Å²) in [7, 11) is 12.4. The molecule has 3 heterocycles. The lowest BCUT2D eigenvalue weighted by Gasteiger charge is -2.45. The predicted octanol–water partition coefficient (Wildman–Crippen LogP) is 6.31. The summed E-state index contributed by atoms with van der Waals surface area (Å²) in [4.78, 5) is 192. The fourth-order valence-electron chi connectivity index (χ4n) is 15.4. The standard InChI is InChI=1S/C75H117ClF5N13O12/c1-17-46(6)62-72(105)87(11)47(7)66(99)94-37-33-55(94)70(103)90(14)57(40-48-24-19-18-20-25-48)69(102)86(10)42-59(95)82-53(31-29-49-28-30-51(52(76)39-49)75(79,80)81)67(100)89(13)54(32-36-93-35-23-34-74(77,78)43-93)64(97)83-61(45(4)5)71(104)92(16)63(50-26-21-22-27-50)73(106)91(15)58(68(101)85(8)9)41-60(96)88(12)56(38-44(2)3)65(98)84-62/h28,30,39,44-48,50,53-58,61-63H,17-27,29,31-38,40-43H2,1-16H3,(H,82,95)(H,83,97)(H,84,98)/t46-,47-,53-,54-,55?,56-,57-,58-,61-,62-,63-/m0/s1. The van der Waals surface area contributed by atoms with E-state index in [1.54, 1.807) is 20.8 Å². The van der Waals surface area contributed by atoms with E-state index in [0.29, 0.717) is 32.1 Å². The van der Waals surface area contributed by atoms with Crippen molar-refractivity contribution in [2.75, 3.05) is 96.2 Å². The van der Waals surface area contributed by atoms with E-state index < -0.39 is 191 Å². The molecule has 5 fully saturated rings. The Hall–Kier alpha value is -7.24. The van der Waals surface area contributed by atoms with Crippen molar-refractivity contribution in [1.29, 1.82) is 0 Å². The van der Waals surface area contributed by atoms with E-state index in [1.807, 2.05) is 20.8 Å². The Kier molecular flexibility index (Phi) is 31.6. The Morgan fingerprint density at radius 1 is 0.651 bits per heavy atom. The predicted molar refractivity (Wildman–Crippen MR) is 389 cm³/mol. The largest absolute Gasteiger partial charge is 0.417 e. The Morgan fingerprint density at radius 3 is 1.80 bits per heavy atom. The maximum atomic E-state index is 15.5. The number of rotatable bonds is 15. The smallest absolute Gasteiger partial charge is 0.347 e. The van der Waals surface area contributed by atoms with Crippen molar-refractivity contribution in [3.63, 3.8) is 0 Å². The molecule has 3 aliphatic heterocycles. The topological polar surface area (TPSA) is 273 Å². The summed E-state index contributed by atoms with van der Waals surface area (Å²) in [5.41, 5.74) is -0.914. The average Bonchev–Trinajstić information content (AvgIpc) is 0.974. The van der Waals surface area contributed by atoms with Crippen LogP contribution in [0.3, 0.4) is 0 Å². The lowest BCUT2D eigenvalue weighted by molar-refractivity contribution is -0.160. The van der Waals surface area contributed by atoms with Crippen LogP contribution in [0.2, 0.25) is 5.02 Å². The Morgan fingerprint density at radius 2 is 1.25 bits per heavy atom. The van der Waals surface area contributed by atoms with Gasteiger partial charge in [0.1, 0.15) is 60.4 Å². The van der Waals surface area contributed by atoms with Gasteiger partial charge in [-0.1, -0.05) is 111 Å². The van der Waals surface area contributed by atoms with Gasteiger partial charge in [0.25, 0.3) is 5.92 Å². The summed E-state index contributed by atoms with van der Waals surface area (Å²) < 4.78 is 72.1. The van der Waals surface area contributed by atoms with Gasteiger partial charge in [0.2, 0.25) is 70.9 Å². The number of fused-ring (bicyclic) bond motifs is 1. The van der Waals surface area contributed by atoms with Crippen molar-refractivity contribution >= 4 is 82.5 Å². The van der Waals surface area contributed by atoms with Crippen molar-refractivity contribution in [3.05, 3.63) is 34.3 Å². The summed E-state index contributed by atoms with van der Waals surface area (Å²) in [6.45, 7) is 10.8. The number of likely N-dealkylation sites (tertiary alicyclic amines) is 1. The van der Waals surface area contributed by atoms with E-state index in [4.69, 9.17) is 11.6 Å². The van der Waals surface area contributed by atoms with Crippen molar-refractivity contribution < 1.29 is 79.5 Å². The molecule has 3 N–H and O–H groups in total. The van der Waals surface area contributed by atoms with Crippen LogP contribution in [-0.4, -0.2) is 282 Å². The molecule has 31 heteroatoms. The molecule has 1 aromatic carbocycles. The summed E-state index contributed by atoms with van der Waals surface area (Å²) in [5.74, 6) is -14.0. The number of nitrogens with one attached hydrogen (secondary N) is 3. The molecule has 25 nitrogen and oxygen atoms in total. The van der Waals surface area contributed by atoms with Gasteiger partial charge >= 0.3 is 6.18 Å². The highest BCUT2D eigenvalue weighted by Gasteiger charge is 2.49. The van der Waals surface area contributed by atoms with Gasteiger partial charge in [-0.3, -0.25) is 62.4 Å². The third-order valence-corrected chi connectivity index (χ3v) is 23.0. The number of likely N-dealkylation sites (N-methyl/N-ethyl adjacent to an activating group) is 8. The second-order valence-electron chi connectivity index (χ2n) is 31.4. The lowest BCUT2D eigenvalue weighted by atomic mass is 9.84. The molecule has 1 unspecified atom stereocenters. The monoisotopic (exact) mass is 1520 g/mol. The molecule has 106 heavy (non-hydrogen) atoms. The minimum Gasteiger partial charge on any atom is -0.347 e. The normalized spacial score (nSPS) is 27.6. The molecule has 0 aromatic heterocycles. The van der Waals surface area contributed by atoms with Crippen LogP contribution in [-0.2, 0) is 70.1 Å². The van der Waals surface area contributed by atoms with E-state index in [2.05, 4.69) is 16.0 Å². The molecule has 596 valence electrons. The van der Waals surface area contributed by atoms with Crippen molar-refractivity contribution in [2.24, 2.45) is 29.6 Å². The van der Waals surface area contributed by atoms with Crippen molar-refractivity contribution in [1.82, 2.24) is 64.9 Å². The number of aryl methyl sites for hydroxylation is 1. The van der Waals surface area contributed by atoms with E-state index in [-0.39, 0.29) is 88.4 Å². The number of hydrogen-bond acceptors (Lipinski definition) is 13. The zero-order valence-electron chi connectivity index (χ0n) is 65.0. The molecule has 12 amide bonds. The molecule has 6 rings (SSSR count). The highest BCUT2D eigenvalue weighted by molar-refractivity contribution is 6.31. The summed E-state index contributed by atoms with van der Waals surface area (Å²) >= 11 is 6.18. The first-order valence-corrected chi connectivity index (χ1v) is 38.1. The SMILES string of the molecule is CC[C@H](C)[C@@H]1NC(=O)[C@H](CC(C)C)N(C)C(=O)C[C@@H](C(=O)N(C)C)N(C)C(=O)[C@H](C2CCCC2)N(C)C(=O)[C@H](C(C)C)NC(=O)[C@H](CCN2CCCC(F)(F)C2)N(C)C(=O)[C@H](CCc2ccc(C(F)(F)F)c(Cl)c2)NC(=O)CN(C)C(=O)[C@H](CC2CCCCC2)N(C)C(=O)C2CCN2C(=O)[C@H](C)N(C)C1=O. The minimum absolute atomic E-state index is 0.0286. The van der Waals surface area contributed by atoms with Crippen LogP contribution in [0.15, 0.2) is 18.2 Å². The number of amides is 12. The first-order chi connectivity index (χ1) is 49.5. The molecular weight excluding hydrogens is 1410 g/mol. The number of alkyl halides is 5. The van der Waals surface area contributed by atoms with Gasteiger partial charge in [0.15, 0.2) is 0 Å². The molecule has 3 saturated heterocycles. The van der Waals surface area contributed by atoms with Crippen LogP contribution in [0.25, 0.3) is 0 Å². The molecule has 1 aromatic rings. The Labute approximate surface area is 627 Å². The number of hydrogen-bond donors (Lipinski definition) is 3. The third kappa shape index (κ3) is 22.2. The number of piperidine rings is 1. The van der Waals surface area contributed by atoms with Crippen LogP contribution in [0.1, 0.15) is 175 Å². The quantitative estimate of drug-likeness (QED) is 0.163. The third-order valence-electron chi connectivity index (χ3n) is 22.7. The van der Waals surface area contributed by atoms with Gasteiger partial charge < -0.3 is 60.0 Å². The molecule has 2 aliphatic carbocycles. The number of nitrogens with zero attached hydrogens (tertiary/aromatic N) is 10. The summed E-state index contributed by atoms with van der Waals surface area (Å²) in [5, 5.41) is 7.78. The second-order valence-corrected chi connectivity index (χ2v) is 31.8. The van der Waals surface area contributed by atoms with E-state index in [0.717, 1.165) is 65.0 Å². The van der Waals surface area contributed by atoms with Crippen LogP contribution in [0.5, 0.6) is 0 Å². The molecule has 5 aliphatic rings. The average molecular weight is 1520 g/mol. The van der Waals surface area contributed by atoms with Crippen LogP contribution < -0.4 is 16.0 Å². The molecular formula is C75H117ClF5N13O12. The molecule has 11 atom stereocenters. The number of benzene rings is 1. The fourth-order valence-corrected chi connectivity index (χ4v) is 15.8. The highest BCUT2D eigenvalue weighted by atomic mass is 35.5. The second kappa shape index (κ2) is 38.2. The Balaban J connectivity index is 1.49. The van der Waals surface area contributed by atoms with E-state index >= 15 is 32.8 Å².